The summed E-state index contributed by atoms with van der Waals surface area (Å²) in [6.07, 6.45) is 2.44. The Morgan fingerprint density at radius 2 is 1.57 bits per heavy atom. The van der Waals surface area contributed by atoms with E-state index in [1.807, 2.05) is 20.8 Å². The standard InChI is InChI=1S/C13H26NO6Si/c1-4-18-21(19-5-2,20-6-3)11-7-10-14-12(15)8-9-13(16)17/h8-9,21H,4-7,10-11H2,1-3H3,(H,14,15)(H,16,17)/q-1/b9-8-. The summed E-state index contributed by atoms with van der Waals surface area (Å²) in [6.45, 7) is 7.68. The zero-order chi connectivity index (χ0) is 16.1. The van der Waals surface area contributed by atoms with Crippen molar-refractivity contribution in [2.45, 2.75) is 33.2 Å². The second-order valence-electron chi connectivity index (χ2n) is 4.26. The number of hydrogen-bond donors (Lipinski definition) is 2. The molecule has 0 aromatic rings. The van der Waals surface area contributed by atoms with Gasteiger partial charge in [-0.15, -0.1) is 0 Å². The third-order valence-electron chi connectivity index (χ3n) is 2.67. The number of aliphatic carboxylic acids is 1. The first kappa shape index (κ1) is 19.8. The van der Waals surface area contributed by atoms with E-state index in [1.54, 1.807) is 0 Å². The number of hydrogen-bond acceptors (Lipinski definition) is 5. The summed E-state index contributed by atoms with van der Waals surface area (Å²) in [5, 5.41) is 11.0. The van der Waals surface area contributed by atoms with Crippen molar-refractivity contribution >= 4 is 20.7 Å². The Balaban J connectivity index is 4.23. The summed E-state index contributed by atoms with van der Waals surface area (Å²) in [5.74, 6) is -1.58. The van der Waals surface area contributed by atoms with Crippen LogP contribution in [0.5, 0.6) is 0 Å². The van der Waals surface area contributed by atoms with Crippen LogP contribution < -0.4 is 5.32 Å². The predicted octanol–water partition coefficient (Wildman–Crippen LogP) is 0.914. The zero-order valence-corrected chi connectivity index (χ0v) is 14.1. The van der Waals surface area contributed by atoms with Crippen molar-refractivity contribution < 1.29 is 28.0 Å². The molecular formula is C13H26NO6Si-. The Hall–Kier alpha value is -1.22. The predicted molar refractivity (Wildman–Crippen MR) is 81.2 cm³/mol. The van der Waals surface area contributed by atoms with Gasteiger partial charge in [0.05, 0.1) is 0 Å². The first-order valence-electron chi connectivity index (χ1n) is 7.25. The molecule has 21 heavy (non-hydrogen) atoms. The molecular weight excluding hydrogens is 294 g/mol. The van der Waals surface area contributed by atoms with E-state index in [0.29, 0.717) is 38.8 Å². The second kappa shape index (κ2) is 11.4. The molecule has 0 atom stereocenters. The van der Waals surface area contributed by atoms with Crippen molar-refractivity contribution in [3.63, 3.8) is 0 Å². The van der Waals surface area contributed by atoms with Gasteiger partial charge in [-0.3, -0.25) is 0 Å². The van der Waals surface area contributed by atoms with E-state index in [1.165, 1.54) is 0 Å². The van der Waals surface area contributed by atoms with Gasteiger partial charge in [-0.2, -0.15) is 0 Å². The van der Waals surface area contributed by atoms with Crippen molar-refractivity contribution in [3.8, 4) is 0 Å². The van der Waals surface area contributed by atoms with Crippen LogP contribution in [0.2, 0.25) is 6.04 Å². The molecule has 0 unspecified atom stereocenters. The molecule has 0 spiro atoms. The molecule has 0 heterocycles. The van der Waals surface area contributed by atoms with Gasteiger partial charge < -0.3 is 0 Å². The zero-order valence-electron chi connectivity index (χ0n) is 13.0. The Morgan fingerprint density at radius 1 is 1.05 bits per heavy atom. The third kappa shape index (κ3) is 9.35. The summed E-state index contributed by atoms with van der Waals surface area (Å²) < 4.78 is 17.1. The Kier molecular flexibility index (Phi) is 10.8. The quantitative estimate of drug-likeness (QED) is 0.315. The van der Waals surface area contributed by atoms with Crippen LogP contribution in [0, 0.1) is 0 Å². The van der Waals surface area contributed by atoms with Crippen molar-refractivity contribution in [3.05, 3.63) is 12.2 Å². The van der Waals surface area contributed by atoms with Gasteiger partial charge in [0.1, 0.15) is 0 Å². The van der Waals surface area contributed by atoms with Crippen LogP contribution in [0.4, 0.5) is 0 Å². The Morgan fingerprint density at radius 3 is 2.00 bits per heavy atom. The van der Waals surface area contributed by atoms with E-state index in [9.17, 15) is 9.59 Å². The van der Waals surface area contributed by atoms with Crippen LogP contribution in [0.1, 0.15) is 27.2 Å². The molecule has 0 aromatic carbocycles. The molecule has 1 amide bonds. The maximum absolute atomic E-state index is 11.3. The average molecular weight is 320 g/mol. The molecule has 0 bridgehead atoms. The average Bonchev–Trinajstić information content (AvgIpc) is 2.42. The van der Waals surface area contributed by atoms with E-state index >= 15 is 0 Å². The summed E-state index contributed by atoms with van der Waals surface area (Å²) in [4.78, 5) is 21.6. The van der Waals surface area contributed by atoms with Crippen molar-refractivity contribution in [2.24, 2.45) is 0 Å². The van der Waals surface area contributed by atoms with Crippen LogP contribution in [0.15, 0.2) is 12.2 Å². The van der Waals surface area contributed by atoms with Gasteiger partial charge in [-0.1, -0.05) is 0 Å². The first-order valence-corrected chi connectivity index (χ1v) is 9.48. The number of carboxylic acids is 1. The number of rotatable bonds is 12. The van der Waals surface area contributed by atoms with Gasteiger partial charge in [0, 0.05) is 0 Å². The number of carbonyl (C=O) groups excluding carboxylic acids is 1. The Labute approximate surface area is 126 Å². The van der Waals surface area contributed by atoms with Crippen LogP contribution in [-0.4, -0.2) is 52.2 Å². The molecule has 0 rings (SSSR count). The summed E-state index contributed by atoms with van der Waals surface area (Å²) in [6, 6.07) is 0.630. The second-order valence-corrected chi connectivity index (χ2v) is 7.41. The van der Waals surface area contributed by atoms with E-state index in [0.717, 1.165) is 12.2 Å². The van der Waals surface area contributed by atoms with Crippen molar-refractivity contribution in [1.82, 2.24) is 5.32 Å². The molecule has 0 saturated heterocycles. The van der Waals surface area contributed by atoms with Crippen molar-refractivity contribution in [2.75, 3.05) is 26.4 Å². The van der Waals surface area contributed by atoms with Gasteiger partial charge in [0.2, 0.25) is 0 Å². The van der Waals surface area contributed by atoms with Crippen LogP contribution >= 0.6 is 0 Å². The van der Waals surface area contributed by atoms with Gasteiger partial charge in [-0.05, 0) is 0 Å². The molecule has 0 fully saturated rings. The van der Waals surface area contributed by atoms with E-state index in [2.05, 4.69) is 5.32 Å². The SMILES string of the molecule is CCO[SiH-](CCCNC(=O)/C=C\C(=O)O)(OCC)OCC. The van der Waals surface area contributed by atoms with Gasteiger partial charge in [0.25, 0.3) is 0 Å². The molecule has 0 radical (unpaired) electrons. The molecule has 0 aliphatic carbocycles. The summed E-state index contributed by atoms with van der Waals surface area (Å²) in [5.41, 5.74) is 0. The molecule has 2 N–H and O–H groups in total. The number of carboxylic acid groups (broad SMARTS) is 1. The minimum absolute atomic E-state index is 0.414. The molecule has 0 aromatic heterocycles. The minimum atomic E-state index is -2.98. The van der Waals surface area contributed by atoms with Crippen LogP contribution in [-0.2, 0) is 22.9 Å². The molecule has 124 valence electrons. The molecule has 8 heteroatoms. The van der Waals surface area contributed by atoms with Crippen LogP contribution in [0.3, 0.4) is 0 Å². The summed E-state index contributed by atoms with van der Waals surface area (Å²) in [7, 11) is -2.98. The number of amides is 1. The fourth-order valence-corrected chi connectivity index (χ4v) is 4.94. The third-order valence-corrected chi connectivity index (χ3v) is 6.31. The number of carbonyl (C=O) groups is 2. The normalized spacial score (nSPS) is 12.5. The fourth-order valence-electron chi connectivity index (χ4n) is 1.93. The van der Waals surface area contributed by atoms with E-state index in [-0.39, 0.29) is 0 Å². The Bertz CT molecular complexity index is 331. The van der Waals surface area contributed by atoms with E-state index in [4.69, 9.17) is 18.4 Å². The summed E-state index contributed by atoms with van der Waals surface area (Å²) >= 11 is 0. The monoisotopic (exact) mass is 320 g/mol. The van der Waals surface area contributed by atoms with Crippen molar-refractivity contribution in [1.29, 1.82) is 0 Å². The van der Waals surface area contributed by atoms with Gasteiger partial charge >= 0.3 is 126 Å². The number of nitrogens with one attached hydrogen (secondary N) is 1. The van der Waals surface area contributed by atoms with Gasteiger partial charge in [0.15, 0.2) is 0 Å². The van der Waals surface area contributed by atoms with E-state index < -0.39 is 20.7 Å². The first-order chi connectivity index (χ1) is 9.99. The maximum atomic E-state index is 11.3. The molecule has 7 nitrogen and oxygen atoms in total. The molecule has 0 saturated carbocycles. The molecule has 0 aliphatic heterocycles. The van der Waals surface area contributed by atoms with Crippen LogP contribution in [0.25, 0.3) is 0 Å². The topological polar surface area (TPSA) is 94.1 Å². The van der Waals surface area contributed by atoms with Gasteiger partial charge in [-0.25, -0.2) is 0 Å². The molecule has 0 aliphatic rings. The fraction of sp³-hybridized carbons (Fsp3) is 0.692.